The molecule has 1 aliphatic heterocycles. The molecule has 1 aromatic heterocycles. The molecule has 0 spiro atoms. The summed E-state index contributed by atoms with van der Waals surface area (Å²) < 4.78 is 0. The van der Waals surface area contributed by atoms with Crippen LogP contribution in [0.15, 0.2) is 24.4 Å². The number of benzene rings is 1. The van der Waals surface area contributed by atoms with Gasteiger partial charge in [-0.15, -0.1) is 10.2 Å². The lowest BCUT2D eigenvalue weighted by molar-refractivity contribution is 0.218. The molecule has 2 aromatic rings. The summed E-state index contributed by atoms with van der Waals surface area (Å²) in [6.45, 7) is 0.474. The Labute approximate surface area is 125 Å². The standard InChI is InChI=1S/C13H12N8O/c1-21-7-9-10(3-2-4-11(9)16-13(21)22)15-6-8(5-14)12-17-19-20-18-12/h2-4,6,15H,7H2,1H3,(H,16,22)(H,17,18,19,20). The first-order chi connectivity index (χ1) is 10.7. The second kappa shape index (κ2) is 5.53. The number of hydrogen-bond acceptors (Lipinski definition) is 6. The third kappa shape index (κ3) is 2.45. The van der Waals surface area contributed by atoms with Gasteiger partial charge in [0.2, 0.25) is 5.82 Å². The van der Waals surface area contributed by atoms with Crippen LogP contribution in [0.5, 0.6) is 0 Å². The number of aromatic nitrogens is 4. The second-order valence-corrected chi connectivity index (χ2v) is 4.67. The number of carbonyl (C=O) groups excluding carboxylic acids is 1. The Morgan fingerprint density at radius 1 is 1.55 bits per heavy atom. The minimum Gasteiger partial charge on any atom is -0.360 e. The number of tetrazole rings is 1. The topological polar surface area (TPSA) is 123 Å². The molecule has 9 heteroatoms. The van der Waals surface area contributed by atoms with Crippen LogP contribution in [0.3, 0.4) is 0 Å². The van der Waals surface area contributed by atoms with Crippen molar-refractivity contribution >= 4 is 23.0 Å². The number of nitriles is 1. The van der Waals surface area contributed by atoms with Gasteiger partial charge in [0.25, 0.3) is 0 Å². The number of allylic oxidation sites excluding steroid dienone is 1. The van der Waals surface area contributed by atoms with E-state index in [1.165, 1.54) is 6.20 Å². The van der Waals surface area contributed by atoms with Crippen LogP contribution < -0.4 is 10.6 Å². The van der Waals surface area contributed by atoms with Crippen LogP contribution in [-0.4, -0.2) is 38.6 Å². The van der Waals surface area contributed by atoms with Crippen LogP contribution in [0, 0.1) is 11.3 Å². The molecule has 9 nitrogen and oxygen atoms in total. The van der Waals surface area contributed by atoms with Gasteiger partial charge >= 0.3 is 6.03 Å². The number of rotatable bonds is 3. The molecule has 2 heterocycles. The molecular formula is C13H12N8O. The fourth-order valence-electron chi connectivity index (χ4n) is 2.10. The molecule has 3 rings (SSSR count). The predicted octanol–water partition coefficient (Wildman–Crippen LogP) is 1.15. The highest BCUT2D eigenvalue weighted by molar-refractivity contribution is 5.93. The first-order valence-electron chi connectivity index (χ1n) is 6.43. The summed E-state index contributed by atoms with van der Waals surface area (Å²) in [6, 6.07) is 7.38. The highest BCUT2D eigenvalue weighted by Gasteiger charge is 2.21. The lowest BCUT2D eigenvalue weighted by Gasteiger charge is -2.27. The summed E-state index contributed by atoms with van der Waals surface area (Å²) in [7, 11) is 1.71. The summed E-state index contributed by atoms with van der Waals surface area (Å²) in [6.07, 6.45) is 1.51. The zero-order valence-corrected chi connectivity index (χ0v) is 11.7. The summed E-state index contributed by atoms with van der Waals surface area (Å²) >= 11 is 0. The number of nitrogens with zero attached hydrogens (tertiary/aromatic N) is 5. The predicted molar refractivity (Wildman–Crippen MR) is 78.3 cm³/mol. The monoisotopic (exact) mass is 296 g/mol. The Kier molecular flexibility index (Phi) is 3.41. The SMILES string of the molecule is CN1Cc2c(NC=C(C#N)c3nn[nH]n3)cccc2NC1=O. The molecule has 0 unspecified atom stereocenters. The molecule has 0 bridgehead atoms. The molecule has 0 saturated carbocycles. The zero-order valence-electron chi connectivity index (χ0n) is 11.7. The largest absolute Gasteiger partial charge is 0.360 e. The minimum atomic E-state index is -0.148. The third-order valence-electron chi connectivity index (χ3n) is 3.24. The quantitative estimate of drug-likeness (QED) is 0.730. The lowest BCUT2D eigenvalue weighted by Crippen LogP contribution is -2.35. The van der Waals surface area contributed by atoms with Crippen LogP contribution >= 0.6 is 0 Å². The van der Waals surface area contributed by atoms with Gasteiger partial charge in [0.1, 0.15) is 11.6 Å². The molecule has 0 aliphatic carbocycles. The van der Waals surface area contributed by atoms with E-state index in [-0.39, 0.29) is 17.4 Å². The van der Waals surface area contributed by atoms with Crippen molar-refractivity contribution in [3.8, 4) is 6.07 Å². The van der Waals surface area contributed by atoms with Crippen molar-refractivity contribution in [1.29, 1.82) is 5.26 Å². The maximum absolute atomic E-state index is 11.6. The van der Waals surface area contributed by atoms with E-state index >= 15 is 0 Å². The summed E-state index contributed by atoms with van der Waals surface area (Å²) in [4.78, 5) is 13.2. The highest BCUT2D eigenvalue weighted by atomic mass is 16.2. The molecular weight excluding hydrogens is 284 g/mol. The Morgan fingerprint density at radius 2 is 2.41 bits per heavy atom. The molecule has 0 saturated heterocycles. The van der Waals surface area contributed by atoms with Crippen molar-refractivity contribution in [2.45, 2.75) is 6.54 Å². The van der Waals surface area contributed by atoms with Gasteiger partial charge in [-0.05, 0) is 17.3 Å². The Morgan fingerprint density at radius 3 is 3.14 bits per heavy atom. The second-order valence-electron chi connectivity index (χ2n) is 4.67. The molecule has 1 aliphatic rings. The van der Waals surface area contributed by atoms with Crippen molar-refractivity contribution in [2.24, 2.45) is 0 Å². The van der Waals surface area contributed by atoms with Gasteiger partial charge in [0, 0.05) is 30.2 Å². The van der Waals surface area contributed by atoms with Crippen molar-refractivity contribution in [1.82, 2.24) is 25.5 Å². The van der Waals surface area contributed by atoms with Gasteiger partial charge in [-0.2, -0.15) is 10.5 Å². The number of fused-ring (bicyclic) bond motifs is 1. The fraction of sp³-hybridized carbons (Fsp3) is 0.154. The molecule has 22 heavy (non-hydrogen) atoms. The third-order valence-corrected chi connectivity index (χ3v) is 3.24. The van der Waals surface area contributed by atoms with Crippen LogP contribution in [-0.2, 0) is 6.54 Å². The molecule has 110 valence electrons. The van der Waals surface area contributed by atoms with E-state index in [0.29, 0.717) is 6.54 Å². The van der Waals surface area contributed by atoms with E-state index in [9.17, 15) is 4.79 Å². The first-order valence-corrected chi connectivity index (χ1v) is 6.43. The Hall–Kier alpha value is -3.41. The number of carbonyl (C=O) groups is 1. The molecule has 0 radical (unpaired) electrons. The van der Waals surface area contributed by atoms with Crippen molar-refractivity contribution in [3.63, 3.8) is 0 Å². The fourth-order valence-corrected chi connectivity index (χ4v) is 2.10. The van der Waals surface area contributed by atoms with E-state index in [2.05, 4.69) is 31.3 Å². The average molecular weight is 296 g/mol. The Bertz CT molecular complexity index is 774. The maximum Gasteiger partial charge on any atom is 0.321 e. The van der Waals surface area contributed by atoms with Crippen LogP contribution in [0.4, 0.5) is 16.2 Å². The van der Waals surface area contributed by atoms with E-state index < -0.39 is 0 Å². The van der Waals surface area contributed by atoms with Crippen molar-refractivity contribution < 1.29 is 4.79 Å². The summed E-state index contributed by atoms with van der Waals surface area (Å²) in [5.74, 6) is 0.213. The van der Waals surface area contributed by atoms with E-state index in [4.69, 9.17) is 5.26 Å². The average Bonchev–Trinajstić information content (AvgIpc) is 3.04. The van der Waals surface area contributed by atoms with E-state index in [0.717, 1.165) is 16.9 Å². The highest BCUT2D eigenvalue weighted by Crippen LogP contribution is 2.29. The van der Waals surface area contributed by atoms with Crippen molar-refractivity contribution in [2.75, 3.05) is 17.7 Å². The lowest BCUT2D eigenvalue weighted by atomic mass is 10.1. The Balaban J connectivity index is 1.89. The summed E-state index contributed by atoms with van der Waals surface area (Å²) in [5.41, 5.74) is 2.73. The van der Waals surface area contributed by atoms with Gasteiger partial charge in [-0.25, -0.2) is 4.79 Å². The van der Waals surface area contributed by atoms with Gasteiger partial charge in [0.05, 0.1) is 6.54 Å². The van der Waals surface area contributed by atoms with Gasteiger partial charge in [-0.3, -0.25) is 0 Å². The van der Waals surface area contributed by atoms with Gasteiger partial charge in [0.15, 0.2) is 0 Å². The maximum atomic E-state index is 11.6. The minimum absolute atomic E-state index is 0.148. The number of aromatic amines is 1. The number of hydrogen-bond donors (Lipinski definition) is 3. The van der Waals surface area contributed by atoms with Crippen LogP contribution in [0.1, 0.15) is 11.4 Å². The number of urea groups is 1. The number of amides is 2. The number of H-pyrrole nitrogens is 1. The zero-order chi connectivity index (χ0) is 15.5. The molecule has 0 fully saturated rings. The molecule has 1 aromatic carbocycles. The number of nitrogens with one attached hydrogen (secondary N) is 3. The first kappa shape index (κ1) is 13.6. The van der Waals surface area contributed by atoms with Gasteiger partial charge < -0.3 is 15.5 Å². The van der Waals surface area contributed by atoms with Crippen LogP contribution in [0.2, 0.25) is 0 Å². The van der Waals surface area contributed by atoms with Crippen molar-refractivity contribution in [3.05, 3.63) is 35.8 Å². The number of anilines is 2. The molecule has 3 N–H and O–H groups in total. The molecule has 0 atom stereocenters. The smallest absolute Gasteiger partial charge is 0.321 e. The van der Waals surface area contributed by atoms with Crippen LogP contribution in [0.25, 0.3) is 5.57 Å². The van der Waals surface area contributed by atoms with E-state index in [1.807, 2.05) is 24.3 Å². The normalized spacial score (nSPS) is 14.1. The van der Waals surface area contributed by atoms with Gasteiger partial charge in [-0.1, -0.05) is 6.07 Å². The summed E-state index contributed by atoms with van der Waals surface area (Å²) in [5, 5.41) is 28.3. The molecule has 2 amide bonds. The van der Waals surface area contributed by atoms with E-state index in [1.54, 1.807) is 11.9 Å².